The number of aryl methyl sites for hydroxylation is 1. The highest BCUT2D eigenvalue weighted by Crippen LogP contribution is 2.32. The van der Waals surface area contributed by atoms with Crippen LogP contribution in [0.2, 0.25) is 5.02 Å². The fourth-order valence-electron chi connectivity index (χ4n) is 3.19. The SMILES string of the molecule is Cc1cc(Cl)ccc1NC1=C(c2ccc([N+](=O)[O-])cc2)C(=O)N(CCOC(C)C)C1=O. The Hall–Kier alpha value is -3.23. The van der Waals surface area contributed by atoms with Gasteiger partial charge in [-0.05, 0) is 62.2 Å². The van der Waals surface area contributed by atoms with Gasteiger partial charge in [-0.15, -0.1) is 0 Å². The molecule has 9 heteroatoms. The van der Waals surface area contributed by atoms with E-state index >= 15 is 0 Å². The van der Waals surface area contributed by atoms with Crippen LogP contribution in [0.5, 0.6) is 0 Å². The Labute approximate surface area is 184 Å². The average Bonchev–Trinajstić information content (AvgIpc) is 2.94. The van der Waals surface area contributed by atoms with Crippen LogP contribution >= 0.6 is 11.6 Å². The summed E-state index contributed by atoms with van der Waals surface area (Å²) in [5, 5.41) is 14.6. The van der Waals surface area contributed by atoms with Crippen LogP contribution in [-0.4, -0.2) is 40.9 Å². The number of hydrogen-bond acceptors (Lipinski definition) is 6. The van der Waals surface area contributed by atoms with E-state index in [0.717, 1.165) is 10.5 Å². The first-order valence-corrected chi connectivity index (χ1v) is 10.1. The summed E-state index contributed by atoms with van der Waals surface area (Å²) in [6, 6.07) is 10.7. The Kier molecular flexibility index (Phi) is 6.72. The molecule has 2 amide bonds. The molecule has 0 saturated heterocycles. The van der Waals surface area contributed by atoms with Gasteiger partial charge in [-0.2, -0.15) is 0 Å². The van der Waals surface area contributed by atoms with Crippen LogP contribution in [-0.2, 0) is 14.3 Å². The molecule has 0 radical (unpaired) electrons. The second-order valence-corrected chi connectivity index (χ2v) is 7.76. The number of amides is 2. The third-order valence-electron chi connectivity index (χ3n) is 4.75. The molecular formula is C22H22ClN3O5. The van der Waals surface area contributed by atoms with Crippen molar-refractivity contribution in [3.63, 3.8) is 0 Å². The zero-order valence-electron chi connectivity index (χ0n) is 17.3. The number of nitrogens with one attached hydrogen (secondary N) is 1. The van der Waals surface area contributed by atoms with Crippen molar-refractivity contribution in [3.8, 4) is 0 Å². The van der Waals surface area contributed by atoms with Gasteiger partial charge in [0, 0.05) is 22.8 Å². The molecule has 0 aromatic heterocycles. The van der Waals surface area contributed by atoms with Gasteiger partial charge in [0.15, 0.2) is 0 Å². The summed E-state index contributed by atoms with van der Waals surface area (Å²) >= 11 is 6.02. The zero-order valence-corrected chi connectivity index (χ0v) is 18.1. The fourth-order valence-corrected chi connectivity index (χ4v) is 3.42. The van der Waals surface area contributed by atoms with Crippen molar-refractivity contribution in [2.24, 2.45) is 0 Å². The van der Waals surface area contributed by atoms with Crippen molar-refractivity contribution in [3.05, 3.63) is 74.4 Å². The number of benzene rings is 2. The average molecular weight is 444 g/mol. The maximum Gasteiger partial charge on any atom is 0.278 e. The molecule has 1 heterocycles. The predicted octanol–water partition coefficient (Wildman–Crippen LogP) is 4.17. The Balaban J connectivity index is 2.00. The number of nitro groups is 1. The number of ether oxygens (including phenoxy) is 1. The summed E-state index contributed by atoms with van der Waals surface area (Å²) in [6.45, 7) is 5.86. The van der Waals surface area contributed by atoms with Gasteiger partial charge in [-0.3, -0.25) is 24.6 Å². The van der Waals surface area contributed by atoms with Crippen LogP contribution in [0.15, 0.2) is 48.2 Å². The van der Waals surface area contributed by atoms with Gasteiger partial charge in [-0.25, -0.2) is 0 Å². The van der Waals surface area contributed by atoms with E-state index in [2.05, 4.69) is 5.32 Å². The molecule has 1 aliphatic heterocycles. The van der Waals surface area contributed by atoms with E-state index in [-0.39, 0.29) is 36.2 Å². The lowest BCUT2D eigenvalue weighted by molar-refractivity contribution is -0.384. The minimum atomic E-state index is -0.522. The molecule has 162 valence electrons. The van der Waals surface area contributed by atoms with E-state index in [1.54, 1.807) is 18.2 Å². The van der Waals surface area contributed by atoms with Crippen LogP contribution in [0.1, 0.15) is 25.0 Å². The van der Waals surface area contributed by atoms with E-state index in [1.165, 1.54) is 24.3 Å². The number of rotatable bonds is 8. The van der Waals surface area contributed by atoms with Crippen molar-refractivity contribution in [1.82, 2.24) is 4.90 Å². The molecule has 0 spiro atoms. The minimum absolute atomic E-state index is 0.0378. The highest BCUT2D eigenvalue weighted by Gasteiger charge is 2.39. The monoisotopic (exact) mass is 443 g/mol. The number of hydrogen-bond donors (Lipinski definition) is 1. The smallest absolute Gasteiger partial charge is 0.278 e. The first kappa shape index (κ1) is 22.5. The molecule has 31 heavy (non-hydrogen) atoms. The largest absolute Gasteiger partial charge is 0.377 e. The topological polar surface area (TPSA) is 102 Å². The molecule has 8 nitrogen and oxygen atoms in total. The molecule has 2 aromatic carbocycles. The minimum Gasteiger partial charge on any atom is -0.377 e. The molecule has 0 unspecified atom stereocenters. The lowest BCUT2D eigenvalue weighted by Crippen LogP contribution is -2.35. The van der Waals surface area contributed by atoms with E-state index in [1.807, 2.05) is 20.8 Å². The quantitative estimate of drug-likeness (QED) is 0.373. The second-order valence-electron chi connectivity index (χ2n) is 7.32. The third kappa shape index (κ3) is 4.92. The van der Waals surface area contributed by atoms with Crippen molar-refractivity contribution >= 4 is 40.4 Å². The van der Waals surface area contributed by atoms with E-state index in [0.29, 0.717) is 16.3 Å². The summed E-state index contributed by atoms with van der Waals surface area (Å²) in [7, 11) is 0. The summed E-state index contributed by atoms with van der Waals surface area (Å²) < 4.78 is 5.49. The Morgan fingerprint density at radius 1 is 1.13 bits per heavy atom. The number of halogens is 1. The van der Waals surface area contributed by atoms with Gasteiger partial charge in [0.05, 0.1) is 29.8 Å². The summed E-state index contributed by atoms with van der Waals surface area (Å²) in [4.78, 5) is 37.8. The normalized spacial score (nSPS) is 14.0. The highest BCUT2D eigenvalue weighted by molar-refractivity contribution is 6.36. The number of anilines is 1. The second kappa shape index (κ2) is 9.28. The molecular weight excluding hydrogens is 422 g/mol. The molecule has 0 fully saturated rings. The Morgan fingerprint density at radius 3 is 2.39 bits per heavy atom. The summed E-state index contributed by atoms with van der Waals surface area (Å²) in [5.74, 6) is -0.972. The van der Waals surface area contributed by atoms with Gasteiger partial charge in [0.25, 0.3) is 17.5 Å². The van der Waals surface area contributed by atoms with Crippen molar-refractivity contribution < 1.29 is 19.2 Å². The molecule has 1 N–H and O–H groups in total. The molecule has 2 aromatic rings. The van der Waals surface area contributed by atoms with Crippen LogP contribution in [0.4, 0.5) is 11.4 Å². The zero-order chi connectivity index (χ0) is 22.7. The lowest BCUT2D eigenvalue weighted by Gasteiger charge is -2.16. The number of imide groups is 1. The highest BCUT2D eigenvalue weighted by atomic mass is 35.5. The maximum atomic E-state index is 13.1. The van der Waals surface area contributed by atoms with Crippen molar-refractivity contribution in [2.75, 3.05) is 18.5 Å². The number of nitrogens with zero attached hydrogens (tertiary/aromatic N) is 2. The van der Waals surface area contributed by atoms with E-state index in [4.69, 9.17) is 16.3 Å². The number of nitro benzene ring substituents is 1. The van der Waals surface area contributed by atoms with Gasteiger partial charge in [-0.1, -0.05) is 11.6 Å². The van der Waals surface area contributed by atoms with E-state index < -0.39 is 16.7 Å². The first-order valence-electron chi connectivity index (χ1n) is 9.69. The fraction of sp³-hybridized carbons (Fsp3) is 0.273. The van der Waals surface area contributed by atoms with Crippen LogP contribution in [0.25, 0.3) is 5.57 Å². The number of carbonyl (C=O) groups is 2. The van der Waals surface area contributed by atoms with Crippen LogP contribution in [0.3, 0.4) is 0 Å². The van der Waals surface area contributed by atoms with Gasteiger partial charge < -0.3 is 10.1 Å². The molecule has 0 atom stereocenters. The maximum absolute atomic E-state index is 13.1. The van der Waals surface area contributed by atoms with Crippen molar-refractivity contribution in [2.45, 2.75) is 26.9 Å². The lowest BCUT2D eigenvalue weighted by atomic mass is 10.0. The molecule has 0 aliphatic carbocycles. The van der Waals surface area contributed by atoms with E-state index in [9.17, 15) is 19.7 Å². The third-order valence-corrected chi connectivity index (χ3v) is 4.98. The van der Waals surface area contributed by atoms with Gasteiger partial charge >= 0.3 is 0 Å². The number of carbonyl (C=O) groups excluding carboxylic acids is 2. The Bertz CT molecular complexity index is 1060. The number of non-ortho nitro benzene ring substituents is 1. The predicted molar refractivity (Wildman–Crippen MR) is 118 cm³/mol. The summed E-state index contributed by atoms with van der Waals surface area (Å²) in [5.41, 5.74) is 1.98. The first-order chi connectivity index (χ1) is 14.7. The molecule has 0 bridgehead atoms. The standard InChI is InChI=1S/C22H22ClN3O5/c1-13(2)31-11-10-25-21(27)19(15-4-7-17(8-5-15)26(29)30)20(22(25)28)24-18-9-6-16(23)12-14(18)3/h4-9,12-13,24H,10-11H2,1-3H3. The van der Waals surface area contributed by atoms with Crippen molar-refractivity contribution in [1.29, 1.82) is 0 Å². The van der Waals surface area contributed by atoms with Crippen LogP contribution < -0.4 is 5.32 Å². The molecule has 3 rings (SSSR count). The van der Waals surface area contributed by atoms with Gasteiger partial charge in [0.2, 0.25) is 0 Å². The van der Waals surface area contributed by atoms with Crippen LogP contribution in [0, 0.1) is 17.0 Å². The Morgan fingerprint density at radius 2 is 1.81 bits per heavy atom. The molecule has 0 saturated carbocycles. The molecule has 1 aliphatic rings. The summed E-state index contributed by atoms with van der Waals surface area (Å²) in [6.07, 6.45) is -0.0378. The van der Waals surface area contributed by atoms with Gasteiger partial charge in [0.1, 0.15) is 5.70 Å².